The Morgan fingerprint density at radius 3 is 2.69 bits per heavy atom. The molecule has 1 aliphatic heterocycles. The van der Waals surface area contributed by atoms with Crippen molar-refractivity contribution in [2.45, 2.75) is 6.04 Å². The molecule has 0 aliphatic carbocycles. The normalized spacial score (nSPS) is 14.1. The summed E-state index contributed by atoms with van der Waals surface area (Å²) in [6.45, 7) is 1.82. The van der Waals surface area contributed by atoms with E-state index < -0.39 is 0 Å². The zero-order chi connectivity index (χ0) is 22.2. The van der Waals surface area contributed by atoms with Crippen LogP contribution in [0.3, 0.4) is 0 Å². The number of carbonyl (C=O) groups excluding carboxylic acids is 1. The number of likely N-dealkylation sites (N-methyl/N-ethyl adjacent to an activating group) is 1. The number of aryl methyl sites for hydroxylation is 1. The van der Waals surface area contributed by atoms with Gasteiger partial charge in [0.15, 0.2) is 0 Å². The lowest BCUT2D eigenvalue weighted by Gasteiger charge is -2.43. The van der Waals surface area contributed by atoms with Crippen LogP contribution in [0.4, 0.5) is 11.6 Å². The van der Waals surface area contributed by atoms with Crippen LogP contribution in [0, 0.1) is 0 Å². The van der Waals surface area contributed by atoms with Crippen LogP contribution in [0.25, 0.3) is 22.0 Å². The number of amides is 1. The second kappa shape index (κ2) is 8.01. The van der Waals surface area contributed by atoms with Crippen LogP contribution < -0.4 is 10.2 Å². The second-order valence-electron chi connectivity index (χ2n) is 8.29. The fourth-order valence-electron chi connectivity index (χ4n) is 3.74. The number of carbonyl (C=O) groups is 1. The molecule has 1 aliphatic rings. The number of benzene rings is 1. The fourth-order valence-corrected chi connectivity index (χ4v) is 3.74. The standard InChI is InChI=1S/C23H24N8O/c1-29(2)19-12-31(13-19)22-10-16(6-7-24-22)23(32)26-21-9-18-8-15(4-5-17(18)11-25-21)20-14-30(3)28-27-20/h4-11,14,19H,12-13H2,1-3H3,(H,25,26,32). The Balaban J connectivity index is 1.34. The first kappa shape index (κ1) is 20.1. The van der Waals surface area contributed by atoms with Crippen molar-refractivity contribution < 1.29 is 4.79 Å². The van der Waals surface area contributed by atoms with E-state index in [1.54, 1.807) is 23.1 Å². The molecule has 1 N–H and O–H groups in total. The monoisotopic (exact) mass is 428 g/mol. The fraction of sp³-hybridized carbons (Fsp3) is 0.261. The average Bonchev–Trinajstić information content (AvgIpc) is 3.18. The van der Waals surface area contributed by atoms with Crippen molar-refractivity contribution in [3.05, 3.63) is 60.6 Å². The average molecular weight is 429 g/mol. The molecule has 0 unspecified atom stereocenters. The van der Waals surface area contributed by atoms with E-state index in [9.17, 15) is 4.79 Å². The maximum Gasteiger partial charge on any atom is 0.257 e. The smallest absolute Gasteiger partial charge is 0.257 e. The van der Waals surface area contributed by atoms with Crippen molar-refractivity contribution in [2.75, 3.05) is 37.4 Å². The summed E-state index contributed by atoms with van der Waals surface area (Å²) in [6, 6.07) is 11.9. The number of hydrogen-bond acceptors (Lipinski definition) is 7. The van der Waals surface area contributed by atoms with Crippen LogP contribution in [0.5, 0.6) is 0 Å². The summed E-state index contributed by atoms with van der Waals surface area (Å²) in [7, 11) is 5.99. The molecule has 1 amide bonds. The Bertz CT molecular complexity index is 1290. The number of nitrogens with zero attached hydrogens (tertiary/aromatic N) is 7. The molecule has 4 heterocycles. The molecule has 0 radical (unpaired) electrons. The molecule has 1 aromatic carbocycles. The van der Waals surface area contributed by atoms with Crippen molar-refractivity contribution in [3.63, 3.8) is 0 Å². The molecule has 1 saturated heterocycles. The number of hydrogen-bond donors (Lipinski definition) is 1. The van der Waals surface area contributed by atoms with E-state index in [0.717, 1.165) is 40.9 Å². The number of pyridine rings is 2. The maximum atomic E-state index is 12.9. The summed E-state index contributed by atoms with van der Waals surface area (Å²) in [5.74, 6) is 1.10. The maximum absolute atomic E-state index is 12.9. The third-order valence-corrected chi connectivity index (χ3v) is 5.79. The zero-order valence-electron chi connectivity index (χ0n) is 18.2. The number of fused-ring (bicyclic) bond motifs is 1. The Hall–Kier alpha value is -3.85. The van der Waals surface area contributed by atoms with Gasteiger partial charge in [-0.15, -0.1) is 5.10 Å². The van der Waals surface area contributed by atoms with E-state index >= 15 is 0 Å². The van der Waals surface area contributed by atoms with Gasteiger partial charge in [-0.05, 0) is 43.7 Å². The first-order chi connectivity index (χ1) is 15.5. The SMILES string of the molecule is CN(C)C1CN(c2cc(C(=O)Nc3cc4cc(-c5cn(C)nn5)ccc4cn3)ccn2)C1. The van der Waals surface area contributed by atoms with E-state index in [1.807, 2.05) is 43.6 Å². The van der Waals surface area contributed by atoms with Gasteiger partial charge in [-0.25, -0.2) is 9.97 Å². The highest BCUT2D eigenvalue weighted by Crippen LogP contribution is 2.25. The van der Waals surface area contributed by atoms with Crippen molar-refractivity contribution >= 4 is 28.3 Å². The Kier molecular flexibility index (Phi) is 5.02. The van der Waals surface area contributed by atoms with Crippen LogP contribution in [0.15, 0.2) is 55.0 Å². The summed E-state index contributed by atoms with van der Waals surface area (Å²) in [4.78, 5) is 26.1. The van der Waals surface area contributed by atoms with Gasteiger partial charge in [0.25, 0.3) is 5.91 Å². The molecule has 0 spiro atoms. The minimum absolute atomic E-state index is 0.213. The zero-order valence-corrected chi connectivity index (χ0v) is 18.2. The van der Waals surface area contributed by atoms with E-state index in [4.69, 9.17) is 0 Å². The summed E-state index contributed by atoms with van der Waals surface area (Å²) in [6.07, 6.45) is 5.30. The predicted molar refractivity (Wildman–Crippen MR) is 124 cm³/mol. The largest absolute Gasteiger partial charge is 0.353 e. The highest BCUT2D eigenvalue weighted by Gasteiger charge is 2.29. The second-order valence-corrected chi connectivity index (χ2v) is 8.29. The topological polar surface area (TPSA) is 92.1 Å². The summed E-state index contributed by atoms with van der Waals surface area (Å²) in [5, 5.41) is 13.0. The Labute approximate surface area is 185 Å². The molecular formula is C23H24N8O. The highest BCUT2D eigenvalue weighted by atomic mass is 16.1. The number of aromatic nitrogens is 5. The molecule has 4 aromatic rings. The van der Waals surface area contributed by atoms with Crippen molar-refractivity contribution in [2.24, 2.45) is 7.05 Å². The van der Waals surface area contributed by atoms with Crippen molar-refractivity contribution in [3.8, 4) is 11.3 Å². The summed E-state index contributed by atoms with van der Waals surface area (Å²) in [5.41, 5.74) is 2.31. The molecule has 5 rings (SSSR count). The van der Waals surface area contributed by atoms with Gasteiger partial charge in [-0.1, -0.05) is 17.3 Å². The molecule has 0 atom stereocenters. The number of nitrogens with one attached hydrogen (secondary N) is 1. The third kappa shape index (κ3) is 3.90. The molecule has 9 nitrogen and oxygen atoms in total. The van der Waals surface area contributed by atoms with Gasteiger partial charge in [0, 0.05) is 55.1 Å². The minimum Gasteiger partial charge on any atom is -0.353 e. The highest BCUT2D eigenvalue weighted by molar-refractivity contribution is 6.05. The molecular weight excluding hydrogens is 404 g/mol. The van der Waals surface area contributed by atoms with Gasteiger partial charge in [-0.3, -0.25) is 9.48 Å². The molecule has 32 heavy (non-hydrogen) atoms. The predicted octanol–water partition coefficient (Wildman–Crippen LogP) is 2.43. The molecule has 1 fully saturated rings. The van der Waals surface area contributed by atoms with Crippen molar-refractivity contribution in [1.82, 2.24) is 29.9 Å². The van der Waals surface area contributed by atoms with Crippen LogP contribution >= 0.6 is 0 Å². The summed E-state index contributed by atoms with van der Waals surface area (Å²) < 4.78 is 1.67. The van der Waals surface area contributed by atoms with E-state index in [2.05, 4.69) is 49.5 Å². The van der Waals surface area contributed by atoms with Crippen LogP contribution in [0.2, 0.25) is 0 Å². The Morgan fingerprint density at radius 2 is 1.94 bits per heavy atom. The molecule has 162 valence electrons. The summed E-state index contributed by atoms with van der Waals surface area (Å²) >= 11 is 0. The number of anilines is 2. The third-order valence-electron chi connectivity index (χ3n) is 5.79. The van der Waals surface area contributed by atoms with Gasteiger partial charge in [0.05, 0.1) is 6.20 Å². The van der Waals surface area contributed by atoms with Gasteiger partial charge in [0.2, 0.25) is 0 Å². The van der Waals surface area contributed by atoms with Crippen LogP contribution in [0.1, 0.15) is 10.4 Å². The van der Waals surface area contributed by atoms with Crippen LogP contribution in [-0.4, -0.2) is 69.0 Å². The lowest BCUT2D eigenvalue weighted by atomic mass is 10.1. The molecule has 3 aromatic heterocycles. The van der Waals surface area contributed by atoms with Gasteiger partial charge >= 0.3 is 0 Å². The van der Waals surface area contributed by atoms with E-state index in [0.29, 0.717) is 17.4 Å². The number of rotatable bonds is 5. The Morgan fingerprint density at radius 1 is 1.09 bits per heavy atom. The van der Waals surface area contributed by atoms with Gasteiger partial charge in [-0.2, -0.15) is 0 Å². The molecule has 9 heteroatoms. The van der Waals surface area contributed by atoms with Crippen LogP contribution in [-0.2, 0) is 7.05 Å². The van der Waals surface area contributed by atoms with Gasteiger partial charge in [0.1, 0.15) is 17.3 Å². The quantitative estimate of drug-likeness (QED) is 0.522. The first-order valence-corrected chi connectivity index (χ1v) is 10.4. The van der Waals surface area contributed by atoms with E-state index in [-0.39, 0.29) is 5.91 Å². The minimum atomic E-state index is -0.213. The van der Waals surface area contributed by atoms with Gasteiger partial charge < -0.3 is 15.1 Å². The first-order valence-electron chi connectivity index (χ1n) is 10.4. The van der Waals surface area contributed by atoms with E-state index in [1.165, 1.54) is 0 Å². The van der Waals surface area contributed by atoms with Crippen molar-refractivity contribution in [1.29, 1.82) is 0 Å². The lowest BCUT2D eigenvalue weighted by molar-refractivity contribution is 0.102. The molecule has 0 saturated carbocycles. The molecule has 0 bridgehead atoms. The lowest BCUT2D eigenvalue weighted by Crippen LogP contribution is -2.57.